The fourth-order valence-corrected chi connectivity index (χ4v) is 3.03. The van der Waals surface area contributed by atoms with Gasteiger partial charge in [-0.25, -0.2) is 0 Å². The normalized spacial score (nSPS) is 11.8. The molecule has 0 bridgehead atoms. The fourth-order valence-electron chi connectivity index (χ4n) is 1.70. The molecule has 0 fully saturated rings. The molecule has 0 saturated carbocycles. The van der Waals surface area contributed by atoms with Crippen LogP contribution in [0, 0.1) is 0 Å². The minimum Gasteiger partial charge on any atom is -0.392 e. The van der Waals surface area contributed by atoms with E-state index in [9.17, 15) is 5.11 Å². The highest BCUT2D eigenvalue weighted by Crippen LogP contribution is 2.34. The number of benzene rings is 1. The van der Waals surface area contributed by atoms with Crippen molar-refractivity contribution in [3.05, 3.63) is 51.9 Å². The van der Waals surface area contributed by atoms with Gasteiger partial charge >= 0.3 is 0 Å². The van der Waals surface area contributed by atoms with Crippen molar-refractivity contribution in [2.24, 2.45) is 0 Å². The second-order valence-corrected chi connectivity index (χ2v) is 5.52. The fraction of sp³-hybridized carbons (Fsp3) is 0.200. The minimum atomic E-state index is 0.121. The molecule has 1 nitrogen and oxygen atoms in total. The van der Waals surface area contributed by atoms with E-state index in [1.807, 2.05) is 37.3 Å². The number of hydrogen-bond donors (Lipinski definition) is 1. The second kappa shape index (κ2) is 6.19. The third-order valence-corrected chi connectivity index (χ3v) is 4.16. The Kier molecular flexibility index (Phi) is 4.59. The SMILES string of the molecule is CCC(=Cc1ccc(-c2ccccc2Cl)s1)CO. The Bertz CT molecular complexity index is 551. The first-order valence-electron chi connectivity index (χ1n) is 5.89. The lowest BCUT2D eigenvalue weighted by Gasteiger charge is -1.99. The minimum absolute atomic E-state index is 0.121. The molecule has 0 radical (unpaired) electrons. The first-order valence-corrected chi connectivity index (χ1v) is 7.09. The van der Waals surface area contributed by atoms with Gasteiger partial charge in [0.05, 0.1) is 6.61 Å². The van der Waals surface area contributed by atoms with Gasteiger partial charge in [-0.2, -0.15) is 0 Å². The van der Waals surface area contributed by atoms with Crippen LogP contribution in [0.15, 0.2) is 42.0 Å². The van der Waals surface area contributed by atoms with E-state index in [4.69, 9.17) is 11.6 Å². The first kappa shape index (κ1) is 13.3. The lowest BCUT2D eigenvalue weighted by Crippen LogP contribution is -1.86. The average Bonchev–Trinajstić information content (AvgIpc) is 2.85. The number of aliphatic hydroxyl groups is 1. The zero-order chi connectivity index (χ0) is 13.0. The molecule has 1 heterocycles. The summed E-state index contributed by atoms with van der Waals surface area (Å²) in [6.45, 7) is 2.17. The van der Waals surface area contributed by atoms with Gasteiger partial charge in [-0.1, -0.05) is 36.7 Å². The molecule has 1 N–H and O–H groups in total. The van der Waals surface area contributed by atoms with Crippen molar-refractivity contribution in [2.45, 2.75) is 13.3 Å². The molecule has 0 aliphatic carbocycles. The molecule has 1 aromatic heterocycles. The molecule has 2 rings (SSSR count). The van der Waals surface area contributed by atoms with Crippen LogP contribution in [0.4, 0.5) is 0 Å². The van der Waals surface area contributed by atoms with Gasteiger partial charge < -0.3 is 5.11 Å². The highest BCUT2D eigenvalue weighted by atomic mass is 35.5. The standard InChI is InChI=1S/C15H15ClOS/c1-2-11(10-17)9-12-7-8-15(18-12)13-5-3-4-6-14(13)16/h3-9,17H,2,10H2,1H3. The Hall–Kier alpha value is -1.09. The van der Waals surface area contributed by atoms with Crippen LogP contribution in [0.25, 0.3) is 16.5 Å². The van der Waals surface area contributed by atoms with Gasteiger partial charge in [0, 0.05) is 20.3 Å². The molecule has 94 valence electrons. The largest absolute Gasteiger partial charge is 0.392 e. The highest BCUT2D eigenvalue weighted by molar-refractivity contribution is 7.16. The lowest BCUT2D eigenvalue weighted by atomic mass is 10.2. The maximum absolute atomic E-state index is 9.17. The van der Waals surface area contributed by atoms with Gasteiger partial charge in [0.15, 0.2) is 0 Å². The average molecular weight is 279 g/mol. The van der Waals surface area contributed by atoms with E-state index < -0.39 is 0 Å². The maximum Gasteiger partial charge on any atom is 0.0645 e. The summed E-state index contributed by atoms with van der Waals surface area (Å²) in [5.41, 5.74) is 2.11. The summed E-state index contributed by atoms with van der Waals surface area (Å²) in [6, 6.07) is 12.0. The van der Waals surface area contributed by atoms with Gasteiger partial charge in [-0.05, 0) is 36.3 Å². The lowest BCUT2D eigenvalue weighted by molar-refractivity contribution is 0.329. The quantitative estimate of drug-likeness (QED) is 0.847. The number of aliphatic hydroxyl groups excluding tert-OH is 1. The van der Waals surface area contributed by atoms with Crippen molar-refractivity contribution < 1.29 is 5.11 Å². The molecule has 3 heteroatoms. The van der Waals surface area contributed by atoms with E-state index in [0.717, 1.165) is 32.3 Å². The predicted octanol–water partition coefficient (Wildman–Crippen LogP) is 4.85. The van der Waals surface area contributed by atoms with Crippen molar-refractivity contribution in [3.8, 4) is 10.4 Å². The van der Waals surface area contributed by atoms with Crippen molar-refractivity contribution >= 4 is 29.0 Å². The van der Waals surface area contributed by atoms with Crippen molar-refractivity contribution in [1.82, 2.24) is 0 Å². The summed E-state index contributed by atoms with van der Waals surface area (Å²) in [7, 11) is 0. The maximum atomic E-state index is 9.17. The van der Waals surface area contributed by atoms with Crippen LogP contribution >= 0.6 is 22.9 Å². The summed E-state index contributed by atoms with van der Waals surface area (Å²) in [6.07, 6.45) is 2.92. The van der Waals surface area contributed by atoms with E-state index in [2.05, 4.69) is 12.1 Å². The Balaban J connectivity index is 2.32. The van der Waals surface area contributed by atoms with Gasteiger partial charge in [0.25, 0.3) is 0 Å². The highest BCUT2D eigenvalue weighted by Gasteiger charge is 2.05. The van der Waals surface area contributed by atoms with E-state index in [1.54, 1.807) is 11.3 Å². The Morgan fingerprint density at radius 1 is 1.28 bits per heavy atom. The van der Waals surface area contributed by atoms with E-state index in [-0.39, 0.29) is 6.61 Å². The van der Waals surface area contributed by atoms with E-state index in [0.29, 0.717) is 0 Å². The number of rotatable bonds is 4. The van der Waals surface area contributed by atoms with Gasteiger partial charge in [-0.15, -0.1) is 11.3 Å². The van der Waals surface area contributed by atoms with Crippen LogP contribution in [-0.2, 0) is 0 Å². The second-order valence-electron chi connectivity index (χ2n) is 4.00. The summed E-state index contributed by atoms with van der Waals surface area (Å²) in [5.74, 6) is 0. The van der Waals surface area contributed by atoms with E-state index >= 15 is 0 Å². The van der Waals surface area contributed by atoms with Gasteiger partial charge in [0.1, 0.15) is 0 Å². The van der Waals surface area contributed by atoms with Crippen LogP contribution in [0.3, 0.4) is 0 Å². The first-order chi connectivity index (χ1) is 8.74. The smallest absolute Gasteiger partial charge is 0.0645 e. The molecular formula is C15H15ClOS. The third-order valence-electron chi connectivity index (χ3n) is 2.77. The molecule has 0 aliphatic heterocycles. The zero-order valence-corrected chi connectivity index (χ0v) is 11.8. The molecule has 0 atom stereocenters. The van der Waals surface area contributed by atoms with Gasteiger partial charge in [0.2, 0.25) is 0 Å². The topological polar surface area (TPSA) is 20.2 Å². The van der Waals surface area contributed by atoms with Gasteiger partial charge in [-0.3, -0.25) is 0 Å². The molecule has 2 aromatic rings. The van der Waals surface area contributed by atoms with Crippen LogP contribution < -0.4 is 0 Å². The van der Waals surface area contributed by atoms with E-state index in [1.165, 1.54) is 0 Å². The number of hydrogen-bond acceptors (Lipinski definition) is 2. The van der Waals surface area contributed by atoms with Crippen molar-refractivity contribution in [2.75, 3.05) is 6.61 Å². The van der Waals surface area contributed by atoms with Crippen LogP contribution in [-0.4, -0.2) is 11.7 Å². The number of halogens is 1. The number of thiophene rings is 1. The van der Waals surface area contributed by atoms with Crippen molar-refractivity contribution in [1.29, 1.82) is 0 Å². The summed E-state index contributed by atoms with van der Waals surface area (Å²) < 4.78 is 0. The van der Waals surface area contributed by atoms with Crippen LogP contribution in [0.5, 0.6) is 0 Å². The Labute approximate surface area is 116 Å². The molecule has 0 spiro atoms. The summed E-state index contributed by atoms with van der Waals surface area (Å²) in [4.78, 5) is 2.30. The summed E-state index contributed by atoms with van der Waals surface area (Å²) >= 11 is 7.87. The third kappa shape index (κ3) is 3.02. The monoisotopic (exact) mass is 278 g/mol. The molecule has 18 heavy (non-hydrogen) atoms. The molecule has 0 unspecified atom stereocenters. The zero-order valence-electron chi connectivity index (χ0n) is 10.2. The Morgan fingerprint density at radius 3 is 2.72 bits per heavy atom. The predicted molar refractivity (Wildman–Crippen MR) is 80.1 cm³/mol. The molecule has 1 aromatic carbocycles. The summed E-state index contributed by atoms with van der Waals surface area (Å²) in [5, 5.41) is 9.94. The van der Waals surface area contributed by atoms with Crippen LogP contribution in [0.2, 0.25) is 5.02 Å². The molecular weight excluding hydrogens is 264 g/mol. The Morgan fingerprint density at radius 2 is 2.06 bits per heavy atom. The van der Waals surface area contributed by atoms with Crippen LogP contribution in [0.1, 0.15) is 18.2 Å². The molecule has 0 amide bonds. The van der Waals surface area contributed by atoms with Crippen molar-refractivity contribution in [3.63, 3.8) is 0 Å². The molecule has 0 aliphatic rings. The molecule has 0 saturated heterocycles.